The summed E-state index contributed by atoms with van der Waals surface area (Å²) in [6.07, 6.45) is -3.38. The van der Waals surface area contributed by atoms with Crippen molar-refractivity contribution in [1.82, 2.24) is 10.2 Å². The third-order valence-corrected chi connectivity index (χ3v) is 6.18. The maximum absolute atomic E-state index is 13.3. The van der Waals surface area contributed by atoms with Crippen molar-refractivity contribution in [1.29, 1.82) is 0 Å². The van der Waals surface area contributed by atoms with Crippen molar-refractivity contribution >= 4 is 27.4 Å². The number of anilines is 2. The molecule has 0 spiro atoms. The van der Waals surface area contributed by atoms with Gasteiger partial charge in [-0.3, -0.25) is 14.2 Å². The van der Waals surface area contributed by atoms with E-state index in [1.54, 1.807) is 13.0 Å². The summed E-state index contributed by atoms with van der Waals surface area (Å²) in [5.74, 6) is -0.333. The number of amides is 1. The highest BCUT2D eigenvalue weighted by molar-refractivity contribution is 7.92. The van der Waals surface area contributed by atoms with Crippen LogP contribution in [0, 0.1) is 6.92 Å². The number of aryl methyl sites for hydroxylation is 1. The lowest BCUT2D eigenvalue weighted by Crippen LogP contribution is -2.31. The maximum Gasteiger partial charge on any atom is 0.416 e. The van der Waals surface area contributed by atoms with Crippen LogP contribution in [0.15, 0.2) is 72.1 Å². The highest BCUT2D eigenvalue weighted by Crippen LogP contribution is 2.33. The first-order chi connectivity index (χ1) is 15.0. The van der Waals surface area contributed by atoms with Crippen molar-refractivity contribution in [2.24, 2.45) is 0 Å². The molecule has 0 bridgehead atoms. The Bertz CT molecular complexity index is 1250. The number of rotatable bonds is 7. The lowest BCUT2D eigenvalue weighted by atomic mass is 10.2. The molecule has 0 atom stereocenters. The third-order valence-electron chi connectivity index (χ3n) is 4.39. The molecule has 32 heavy (non-hydrogen) atoms. The van der Waals surface area contributed by atoms with Gasteiger partial charge in [0.1, 0.15) is 0 Å². The van der Waals surface area contributed by atoms with Crippen LogP contribution in [-0.4, -0.2) is 31.1 Å². The van der Waals surface area contributed by atoms with Crippen molar-refractivity contribution in [3.05, 3.63) is 84.1 Å². The van der Waals surface area contributed by atoms with Crippen molar-refractivity contribution in [2.45, 2.75) is 18.0 Å². The van der Waals surface area contributed by atoms with Crippen LogP contribution in [0.25, 0.3) is 0 Å². The Balaban J connectivity index is 1.97. The number of aromatic nitrogens is 2. The first-order valence-corrected chi connectivity index (χ1v) is 10.7. The monoisotopic (exact) mass is 464 g/mol. The van der Waals surface area contributed by atoms with Crippen molar-refractivity contribution in [2.75, 3.05) is 16.2 Å². The number of halogens is 3. The topological polar surface area (TPSA) is 95.2 Å². The van der Waals surface area contributed by atoms with E-state index < -0.39 is 27.7 Å². The lowest BCUT2D eigenvalue weighted by Gasteiger charge is -2.24. The predicted molar refractivity (Wildman–Crippen MR) is 114 cm³/mol. The molecule has 2 aromatic carbocycles. The average molecular weight is 464 g/mol. The number of hydrogen-bond donors (Lipinski definition) is 2. The molecule has 3 rings (SSSR count). The van der Waals surface area contributed by atoms with E-state index in [1.807, 2.05) is 0 Å². The molecule has 1 aromatic heterocycles. The number of alkyl halides is 3. The number of nitrogens with one attached hydrogen (secondary N) is 2. The zero-order chi connectivity index (χ0) is 23.5. The van der Waals surface area contributed by atoms with Gasteiger partial charge in [0.05, 0.1) is 22.7 Å². The van der Waals surface area contributed by atoms with Crippen LogP contribution >= 0.6 is 0 Å². The lowest BCUT2D eigenvalue weighted by molar-refractivity contribution is -0.137. The molecule has 0 fully saturated rings. The normalized spacial score (nSPS) is 11.8. The molecule has 168 valence electrons. The summed E-state index contributed by atoms with van der Waals surface area (Å²) in [5, 5.41) is 9.09. The second-order valence-corrected chi connectivity index (χ2v) is 8.65. The SMILES string of the molecule is C=CCN(c1cccc(C(F)(F)F)c1)S(=O)(=O)c1cccc(C(=O)Nc2cc(C)[nH]n2)c1. The highest BCUT2D eigenvalue weighted by atomic mass is 32.2. The Morgan fingerprint density at radius 3 is 2.53 bits per heavy atom. The fraction of sp³-hybridized carbons (Fsp3) is 0.143. The Hall–Kier alpha value is -3.60. The Morgan fingerprint density at radius 2 is 1.91 bits per heavy atom. The van der Waals surface area contributed by atoms with E-state index in [1.165, 1.54) is 30.3 Å². The molecule has 7 nitrogen and oxygen atoms in total. The van der Waals surface area contributed by atoms with Gasteiger partial charge >= 0.3 is 6.18 Å². The first kappa shape index (κ1) is 23.1. The summed E-state index contributed by atoms with van der Waals surface area (Å²) >= 11 is 0. The molecular formula is C21H19F3N4O3S. The molecule has 2 N–H and O–H groups in total. The number of sulfonamides is 1. The molecule has 1 heterocycles. The average Bonchev–Trinajstić information content (AvgIpc) is 3.16. The maximum atomic E-state index is 13.3. The van der Waals surface area contributed by atoms with Crippen LogP contribution in [0.1, 0.15) is 21.6 Å². The molecule has 0 unspecified atom stereocenters. The second-order valence-electron chi connectivity index (χ2n) is 6.79. The zero-order valence-corrected chi connectivity index (χ0v) is 17.7. The van der Waals surface area contributed by atoms with E-state index in [2.05, 4.69) is 22.1 Å². The Morgan fingerprint density at radius 1 is 1.19 bits per heavy atom. The standard InChI is InChI=1S/C21H19F3N4O3S/c1-3-10-28(17-8-5-7-16(13-17)21(22,23)24)32(30,31)18-9-4-6-15(12-18)20(29)25-19-11-14(2)26-27-19/h3-9,11-13H,1,10H2,2H3,(H2,25,26,27,29). The summed E-state index contributed by atoms with van der Waals surface area (Å²) in [6, 6.07) is 10.8. The molecule has 11 heteroatoms. The van der Waals surface area contributed by atoms with Crippen molar-refractivity contribution < 1.29 is 26.4 Å². The number of nitrogens with zero attached hydrogens (tertiary/aromatic N) is 2. The minimum atomic E-state index is -4.64. The van der Waals surface area contributed by atoms with E-state index in [4.69, 9.17) is 0 Å². The molecule has 3 aromatic rings. The number of carbonyl (C=O) groups excluding carboxylic acids is 1. The van der Waals surface area contributed by atoms with E-state index >= 15 is 0 Å². The van der Waals surface area contributed by atoms with Gasteiger partial charge in [-0.1, -0.05) is 18.2 Å². The number of carbonyl (C=O) groups is 1. The first-order valence-electron chi connectivity index (χ1n) is 9.26. The van der Waals surface area contributed by atoms with Gasteiger partial charge in [0.25, 0.3) is 15.9 Å². The van der Waals surface area contributed by atoms with Gasteiger partial charge in [-0.05, 0) is 43.3 Å². The molecule has 0 aliphatic heterocycles. The zero-order valence-electron chi connectivity index (χ0n) is 16.8. The molecular weight excluding hydrogens is 445 g/mol. The van der Waals surface area contributed by atoms with Gasteiger partial charge in [0, 0.05) is 17.3 Å². The molecule has 1 amide bonds. The van der Waals surface area contributed by atoms with Crippen LogP contribution in [0.3, 0.4) is 0 Å². The fourth-order valence-electron chi connectivity index (χ4n) is 2.89. The highest BCUT2D eigenvalue weighted by Gasteiger charge is 2.32. The molecule has 0 saturated carbocycles. The summed E-state index contributed by atoms with van der Waals surface area (Å²) in [6.45, 7) is 4.97. The van der Waals surface area contributed by atoms with E-state index in [-0.39, 0.29) is 28.5 Å². The molecule has 0 saturated heterocycles. The van der Waals surface area contributed by atoms with Crippen LogP contribution in [-0.2, 0) is 16.2 Å². The smallest absolute Gasteiger partial charge is 0.305 e. The van der Waals surface area contributed by atoms with Gasteiger partial charge in [-0.2, -0.15) is 18.3 Å². The van der Waals surface area contributed by atoms with Gasteiger partial charge in [-0.15, -0.1) is 6.58 Å². The van der Waals surface area contributed by atoms with Gasteiger partial charge < -0.3 is 5.32 Å². The van der Waals surface area contributed by atoms with Crippen LogP contribution in [0.5, 0.6) is 0 Å². The van der Waals surface area contributed by atoms with Crippen molar-refractivity contribution in [3.63, 3.8) is 0 Å². The molecule has 0 aliphatic rings. The summed E-state index contributed by atoms with van der Waals surface area (Å²) < 4.78 is 66.7. The van der Waals surface area contributed by atoms with E-state index in [0.29, 0.717) is 0 Å². The largest absolute Gasteiger partial charge is 0.416 e. The Labute approximate surface area is 182 Å². The van der Waals surface area contributed by atoms with Crippen LogP contribution in [0.4, 0.5) is 24.7 Å². The fourth-order valence-corrected chi connectivity index (χ4v) is 4.37. The Kier molecular flexibility index (Phi) is 6.40. The van der Waals surface area contributed by atoms with E-state index in [9.17, 15) is 26.4 Å². The minimum absolute atomic E-state index is 0.0364. The predicted octanol–water partition coefficient (Wildman–Crippen LogP) is 4.37. The van der Waals surface area contributed by atoms with Crippen LogP contribution in [0.2, 0.25) is 0 Å². The summed E-state index contributed by atoms with van der Waals surface area (Å²) in [7, 11) is -4.31. The van der Waals surface area contributed by atoms with Crippen LogP contribution < -0.4 is 9.62 Å². The molecule has 0 aliphatic carbocycles. The summed E-state index contributed by atoms with van der Waals surface area (Å²) in [4.78, 5) is 12.2. The number of benzene rings is 2. The minimum Gasteiger partial charge on any atom is -0.305 e. The number of aromatic amines is 1. The third kappa shape index (κ3) is 4.99. The van der Waals surface area contributed by atoms with Gasteiger partial charge in [-0.25, -0.2) is 8.42 Å². The van der Waals surface area contributed by atoms with Gasteiger partial charge in [0.2, 0.25) is 0 Å². The molecule has 0 radical (unpaired) electrons. The second kappa shape index (κ2) is 8.87. The van der Waals surface area contributed by atoms with Crippen molar-refractivity contribution in [3.8, 4) is 0 Å². The number of H-pyrrole nitrogens is 1. The summed E-state index contributed by atoms with van der Waals surface area (Å²) in [5.41, 5.74) is -0.407. The number of hydrogen-bond acceptors (Lipinski definition) is 4. The van der Waals surface area contributed by atoms with Gasteiger partial charge in [0.15, 0.2) is 5.82 Å². The quantitative estimate of drug-likeness (QED) is 0.508. The van der Waals surface area contributed by atoms with E-state index in [0.717, 1.165) is 34.3 Å².